The standard InChI is InChI=1S/C13H15F2NO5S/c14-13(15)22(20,21)10-5-3-9(4-6-10)8-11(17)16-7-1-2-12(18)19/h3-6,13H,1-2,7-8H2,(H,16,17)(H,18,19). The zero-order valence-corrected chi connectivity index (χ0v) is 12.3. The predicted octanol–water partition coefficient (Wildman–Crippen LogP) is 1.21. The molecule has 6 nitrogen and oxygen atoms in total. The monoisotopic (exact) mass is 335 g/mol. The van der Waals surface area contributed by atoms with Crippen LogP contribution in [-0.2, 0) is 25.8 Å². The SMILES string of the molecule is O=C(O)CCCNC(=O)Cc1ccc(S(=O)(=O)C(F)F)cc1. The molecular weight excluding hydrogens is 320 g/mol. The van der Waals surface area contributed by atoms with Crippen molar-refractivity contribution in [3.63, 3.8) is 0 Å². The third-order valence-electron chi connectivity index (χ3n) is 2.74. The van der Waals surface area contributed by atoms with Crippen molar-refractivity contribution in [3.05, 3.63) is 29.8 Å². The quantitative estimate of drug-likeness (QED) is 0.696. The van der Waals surface area contributed by atoms with Crippen molar-refractivity contribution >= 4 is 21.7 Å². The van der Waals surface area contributed by atoms with Gasteiger partial charge in [0.2, 0.25) is 15.7 Å². The third-order valence-corrected chi connectivity index (χ3v) is 4.14. The number of nitrogens with one attached hydrogen (secondary N) is 1. The fourth-order valence-corrected chi connectivity index (χ4v) is 2.34. The summed E-state index contributed by atoms with van der Waals surface area (Å²) in [5.41, 5.74) is 0.462. The Balaban J connectivity index is 2.54. The molecule has 1 aromatic rings. The van der Waals surface area contributed by atoms with Crippen molar-refractivity contribution in [2.45, 2.75) is 29.9 Å². The number of carboxylic acids is 1. The zero-order valence-electron chi connectivity index (χ0n) is 11.5. The van der Waals surface area contributed by atoms with Gasteiger partial charge in [0.15, 0.2) is 0 Å². The number of hydrogen-bond acceptors (Lipinski definition) is 4. The van der Waals surface area contributed by atoms with Crippen molar-refractivity contribution in [2.75, 3.05) is 6.54 Å². The highest BCUT2D eigenvalue weighted by atomic mass is 32.2. The van der Waals surface area contributed by atoms with E-state index in [9.17, 15) is 26.8 Å². The summed E-state index contributed by atoms with van der Waals surface area (Å²) in [6.45, 7) is 0.211. The highest BCUT2D eigenvalue weighted by molar-refractivity contribution is 7.91. The van der Waals surface area contributed by atoms with Crippen molar-refractivity contribution in [1.82, 2.24) is 5.32 Å². The molecule has 1 amide bonds. The number of benzene rings is 1. The molecule has 1 aromatic carbocycles. The van der Waals surface area contributed by atoms with Gasteiger partial charge in [0.05, 0.1) is 11.3 Å². The first-order chi connectivity index (χ1) is 10.2. The van der Waals surface area contributed by atoms with Crippen LogP contribution >= 0.6 is 0 Å². The van der Waals surface area contributed by atoms with Crippen LogP contribution in [-0.4, -0.2) is 37.7 Å². The fraction of sp³-hybridized carbons (Fsp3) is 0.385. The average Bonchev–Trinajstić information content (AvgIpc) is 2.44. The number of rotatable bonds is 8. The van der Waals surface area contributed by atoms with Gasteiger partial charge in [0, 0.05) is 13.0 Å². The number of carboxylic acid groups (broad SMARTS) is 1. The van der Waals surface area contributed by atoms with E-state index in [0.717, 1.165) is 12.1 Å². The summed E-state index contributed by atoms with van der Waals surface area (Å²) in [7, 11) is -4.64. The molecule has 122 valence electrons. The Labute approximate surface area is 126 Å². The largest absolute Gasteiger partial charge is 0.481 e. The van der Waals surface area contributed by atoms with Gasteiger partial charge in [0.1, 0.15) is 0 Å². The lowest BCUT2D eigenvalue weighted by atomic mass is 10.1. The number of halogens is 2. The number of sulfone groups is 1. The van der Waals surface area contributed by atoms with Gasteiger partial charge < -0.3 is 10.4 Å². The third kappa shape index (κ3) is 5.40. The Bertz CT molecular complexity index is 628. The van der Waals surface area contributed by atoms with Crippen LogP contribution in [0.4, 0.5) is 8.78 Å². The number of hydrogen-bond donors (Lipinski definition) is 2. The molecule has 22 heavy (non-hydrogen) atoms. The van der Waals surface area contributed by atoms with Crippen LogP contribution in [0, 0.1) is 0 Å². The maximum Gasteiger partial charge on any atom is 0.341 e. The number of amides is 1. The van der Waals surface area contributed by atoms with Gasteiger partial charge in [-0.2, -0.15) is 8.78 Å². The van der Waals surface area contributed by atoms with E-state index in [1.54, 1.807) is 0 Å². The lowest BCUT2D eigenvalue weighted by molar-refractivity contribution is -0.137. The molecule has 0 saturated carbocycles. The van der Waals surface area contributed by atoms with Crippen LogP contribution in [0.15, 0.2) is 29.2 Å². The van der Waals surface area contributed by atoms with Crippen LogP contribution in [0.25, 0.3) is 0 Å². The Morgan fingerprint density at radius 2 is 1.77 bits per heavy atom. The van der Waals surface area contributed by atoms with E-state index in [-0.39, 0.29) is 25.3 Å². The predicted molar refractivity (Wildman–Crippen MR) is 73.2 cm³/mol. The second kappa shape index (κ2) is 7.83. The molecule has 9 heteroatoms. The van der Waals surface area contributed by atoms with Crippen molar-refractivity contribution in [2.24, 2.45) is 0 Å². The number of aliphatic carboxylic acids is 1. The number of alkyl halides is 2. The number of carbonyl (C=O) groups is 2. The summed E-state index contributed by atoms with van der Waals surface area (Å²) in [6.07, 6.45) is 0.190. The molecular formula is C13H15F2NO5S. The molecule has 0 aliphatic rings. The molecule has 0 aliphatic carbocycles. The molecule has 0 heterocycles. The van der Waals surface area contributed by atoms with Gasteiger partial charge in [-0.25, -0.2) is 8.42 Å². The Hall–Kier alpha value is -2.03. The van der Waals surface area contributed by atoms with Crippen LogP contribution in [0.5, 0.6) is 0 Å². The van der Waals surface area contributed by atoms with E-state index in [2.05, 4.69) is 5.32 Å². The molecule has 0 spiro atoms. The van der Waals surface area contributed by atoms with E-state index in [1.807, 2.05) is 0 Å². The van der Waals surface area contributed by atoms with Gasteiger partial charge in [-0.3, -0.25) is 9.59 Å². The second-order valence-electron chi connectivity index (χ2n) is 4.47. The minimum Gasteiger partial charge on any atom is -0.481 e. The molecule has 0 aromatic heterocycles. The smallest absolute Gasteiger partial charge is 0.341 e. The molecule has 0 fully saturated rings. The van der Waals surface area contributed by atoms with E-state index in [1.165, 1.54) is 12.1 Å². The topological polar surface area (TPSA) is 101 Å². The highest BCUT2D eigenvalue weighted by Gasteiger charge is 2.26. The van der Waals surface area contributed by atoms with Crippen molar-refractivity contribution < 1.29 is 31.9 Å². The number of carbonyl (C=O) groups excluding carboxylic acids is 1. The maximum absolute atomic E-state index is 12.3. The van der Waals surface area contributed by atoms with Gasteiger partial charge in [-0.1, -0.05) is 12.1 Å². The molecule has 0 aliphatic heterocycles. The minimum atomic E-state index is -4.64. The van der Waals surface area contributed by atoms with Gasteiger partial charge >= 0.3 is 11.7 Å². The van der Waals surface area contributed by atoms with Crippen LogP contribution in [0.2, 0.25) is 0 Å². The fourth-order valence-electron chi connectivity index (χ4n) is 1.62. The Morgan fingerprint density at radius 3 is 2.27 bits per heavy atom. The van der Waals surface area contributed by atoms with Crippen LogP contribution in [0.3, 0.4) is 0 Å². The molecule has 0 radical (unpaired) electrons. The van der Waals surface area contributed by atoms with Crippen LogP contribution in [0.1, 0.15) is 18.4 Å². The highest BCUT2D eigenvalue weighted by Crippen LogP contribution is 2.18. The van der Waals surface area contributed by atoms with E-state index in [4.69, 9.17) is 5.11 Å². The normalized spacial score (nSPS) is 11.4. The summed E-state index contributed by atoms with van der Waals surface area (Å²) in [4.78, 5) is 21.3. The van der Waals surface area contributed by atoms with Gasteiger partial charge in [-0.15, -0.1) is 0 Å². The summed E-state index contributed by atoms with van der Waals surface area (Å²) in [5, 5.41) is 10.9. The first-order valence-corrected chi connectivity index (χ1v) is 7.87. The Kier molecular flexibility index (Phi) is 6.41. The van der Waals surface area contributed by atoms with Gasteiger partial charge in [0.25, 0.3) is 0 Å². The second-order valence-corrected chi connectivity index (χ2v) is 6.39. The minimum absolute atomic E-state index is 0.0535. The molecule has 1 rings (SSSR count). The Morgan fingerprint density at radius 1 is 1.18 bits per heavy atom. The molecule has 0 saturated heterocycles. The summed E-state index contributed by atoms with van der Waals surface area (Å²) < 4.78 is 47.1. The van der Waals surface area contributed by atoms with E-state index in [0.29, 0.717) is 12.0 Å². The van der Waals surface area contributed by atoms with Gasteiger partial charge in [-0.05, 0) is 24.1 Å². The molecule has 2 N–H and O–H groups in total. The average molecular weight is 335 g/mol. The first kappa shape index (κ1) is 18.0. The van der Waals surface area contributed by atoms with Crippen molar-refractivity contribution in [3.8, 4) is 0 Å². The molecule has 0 atom stereocenters. The zero-order chi connectivity index (χ0) is 16.8. The molecule has 0 bridgehead atoms. The van der Waals surface area contributed by atoms with E-state index < -0.39 is 26.5 Å². The lowest BCUT2D eigenvalue weighted by Gasteiger charge is -2.06. The van der Waals surface area contributed by atoms with Crippen molar-refractivity contribution in [1.29, 1.82) is 0 Å². The summed E-state index contributed by atoms with van der Waals surface area (Å²) in [6, 6.07) is 4.61. The molecule has 0 unspecified atom stereocenters. The van der Waals surface area contributed by atoms with Crippen LogP contribution < -0.4 is 5.32 Å². The lowest BCUT2D eigenvalue weighted by Crippen LogP contribution is -2.26. The first-order valence-electron chi connectivity index (χ1n) is 6.33. The van der Waals surface area contributed by atoms with E-state index >= 15 is 0 Å². The maximum atomic E-state index is 12.3. The summed E-state index contributed by atoms with van der Waals surface area (Å²) >= 11 is 0. The summed E-state index contributed by atoms with van der Waals surface area (Å²) in [5.74, 6) is -4.81.